The number of pyridine rings is 1. The average Bonchev–Trinajstić information content (AvgIpc) is 3.10. The van der Waals surface area contributed by atoms with Gasteiger partial charge < -0.3 is 19.8 Å². The zero-order valence-electron chi connectivity index (χ0n) is 15.3. The number of imidazole rings is 1. The number of hydrogen-bond acceptors (Lipinski definition) is 4. The highest BCUT2D eigenvalue weighted by Gasteiger charge is 2.16. The molecule has 0 aliphatic carbocycles. The molecule has 4 rings (SSSR count). The SMILES string of the molecule is Cl.Cl.O=C(N[C@H]1CCCNC1)c1cccc(OCc2cn3ccccc3n2)c1. The van der Waals surface area contributed by atoms with Gasteiger partial charge in [0.1, 0.15) is 18.0 Å². The molecule has 150 valence electrons. The van der Waals surface area contributed by atoms with Gasteiger partial charge in [-0.05, 0) is 49.7 Å². The second-order valence-electron chi connectivity index (χ2n) is 6.53. The first-order chi connectivity index (χ1) is 12.8. The summed E-state index contributed by atoms with van der Waals surface area (Å²) in [4.78, 5) is 17.0. The van der Waals surface area contributed by atoms with Gasteiger partial charge >= 0.3 is 0 Å². The Balaban J connectivity index is 0.00000140. The predicted molar refractivity (Wildman–Crippen MR) is 114 cm³/mol. The van der Waals surface area contributed by atoms with Gasteiger partial charge in [0.05, 0.1) is 5.69 Å². The zero-order valence-corrected chi connectivity index (χ0v) is 17.0. The van der Waals surface area contributed by atoms with Gasteiger partial charge in [-0.1, -0.05) is 12.1 Å². The number of amides is 1. The van der Waals surface area contributed by atoms with Crippen LogP contribution >= 0.6 is 24.8 Å². The Bertz CT molecular complexity index is 877. The molecule has 0 unspecified atom stereocenters. The van der Waals surface area contributed by atoms with Crippen LogP contribution < -0.4 is 15.4 Å². The van der Waals surface area contributed by atoms with Crippen molar-refractivity contribution in [2.45, 2.75) is 25.5 Å². The lowest BCUT2D eigenvalue weighted by atomic mass is 10.1. The van der Waals surface area contributed by atoms with E-state index in [-0.39, 0.29) is 36.8 Å². The van der Waals surface area contributed by atoms with Gasteiger partial charge in [-0.3, -0.25) is 4.79 Å². The summed E-state index contributed by atoms with van der Waals surface area (Å²) in [5.74, 6) is 0.605. The van der Waals surface area contributed by atoms with Crippen molar-refractivity contribution in [2.75, 3.05) is 13.1 Å². The third-order valence-corrected chi connectivity index (χ3v) is 4.53. The summed E-state index contributed by atoms with van der Waals surface area (Å²) >= 11 is 0. The Kier molecular flexibility index (Phi) is 8.11. The minimum atomic E-state index is -0.0584. The maximum atomic E-state index is 12.4. The highest BCUT2D eigenvalue weighted by Crippen LogP contribution is 2.16. The molecule has 2 N–H and O–H groups in total. The van der Waals surface area contributed by atoms with Crippen LogP contribution in [-0.2, 0) is 6.61 Å². The van der Waals surface area contributed by atoms with E-state index in [1.165, 1.54) is 0 Å². The van der Waals surface area contributed by atoms with Crippen LogP contribution in [0.1, 0.15) is 28.9 Å². The van der Waals surface area contributed by atoms with Crippen molar-refractivity contribution in [1.29, 1.82) is 0 Å². The Morgan fingerprint density at radius 3 is 2.93 bits per heavy atom. The molecule has 0 radical (unpaired) electrons. The van der Waals surface area contributed by atoms with Crippen molar-refractivity contribution in [3.8, 4) is 5.75 Å². The first kappa shape index (κ1) is 22.0. The van der Waals surface area contributed by atoms with E-state index < -0.39 is 0 Å². The fourth-order valence-electron chi connectivity index (χ4n) is 3.18. The Labute approximate surface area is 176 Å². The summed E-state index contributed by atoms with van der Waals surface area (Å²) < 4.78 is 7.79. The minimum Gasteiger partial charge on any atom is -0.487 e. The minimum absolute atomic E-state index is 0. The van der Waals surface area contributed by atoms with Crippen molar-refractivity contribution in [2.24, 2.45) is 0 Å². The number of nitrogens with zero attached hydrogens (tertiary/aromatic N) is 2. The van der Waals surface area contributed by atoms with Crippen LogP contribution in [0.2, 0.25) is 0 Å². The normalized spacial score (nSPS) is 15.9. The molecule has 1 aliphatic heterocycles. The quantitative estimate of drug-likeness (QED) is 0.661. The number of aromatic nitrogens is 2. The predicted octanol–water partition coefficient (Wildman–Crippen LogP) is 3.24. The van der Waals surface area contributed by atoms with Gasteiger partial charge in [-0.25, -0.2) is 4.98 Å². The highest BCUT2D eigenvalue weighted by atomic mass is 35.5. The Hall–Kier alpha value is -2.28. The smallest absolute Gasteiger partial charge is 0.251 e. The van der Waals surface area contributed by atoms with E-state index in [0.717, 1.165) is 37.3 Å². The van der Waals surface area contributed by atoms with Crippen LogP contribution in [0.5, 0.6) is 5.75 Å². The number of rotatable bonds is 5. The molecule has 8 heteroatoms. The van der Waals surface area contributed by atoms with Crippen LogP contribution in [0.4, 0.5) is 0 Å². The second-order valence-corrected chi connectivity index (χ2v) is 6.53. The molecular formula is C20H24Cl2N4O2. The van der Waals surface area contributed by atoms with Gasteiger partial charge in [-0.15, -0.1) is 24.8 Å². The Morgan fingerprint density at radius 2 is 2.14 bits per heavy atom. The summed E-state index contributed by atoms with van der Waals surface area (Å²) in [7, 11) is 0. The van der Waals surface area contributed by atoms with Gasteiger partial charge in [0.15, 0.2) is 0 Å². The number of ether oxygens (including phenoxy) is 1. The fraction of sp³-hybridized carbons (Fsp3) is 0.300. The van der Waals surface area contributed by atoms with Crippen LogP contribution in [0.15, 0.2) is 54.9 Å². The van der Waals surface area contributed by atoms with Gasteiger partial charge in [0.25, 0.3) is 5.91 Å². The number of fused-ring (bicyclic) bond motifs is 1. The largest absolute Gasteiger partial charge is 0.487 e. The summed E-state index contributed by atoms with van der Waals surface area (Å²) in [6.07, 6.45) is 6.01. The molecule has 0 bridgehead atoms. The van der Waals surface area contributed by atoms with E-state index >= 15 is 0 Å². The molecule has 1 aromatic carbocycles. The van der Waals surface area contributed by atoms with E-state index in [2.05, 4.69) is 15.6 Å². The van der Waals surface area contributed by atoms with Gasteiger partial charge in [-0.2, -0.15) is 0 Å². The summed E-state index contributed by atoms with van der Waals surface area (Å²) in [5, 5.41) is 6.39. The zero-order chi connectivity index (χ0) is 17.8. The average molecular weight is 423 g/mol. The van der Waals surface area contributed by atoms with E-state index in [9.17, 15) is 4.79 Å². The molecule has 0 spiro atoms. The lowest BCUT2D eigenvalue weighted by Gasteiger charge is -2.23. The number of hydrogen-bond donors (Lipinski definition) is 2. The molecule has 6 nitrogen and oxygen atoms in total. The van der Waals surface area contributed by atoms with Crippen LogP contribution in [0.25, 0.3) is 5.65 Å². The third-order valence-electron chi connectivity index (χ3n) is 4.53. The van der Waals surface area contributed by atoms with Crippen molar-refractivity contribution < 1.29 is 9.53 Å². The molecule has 1 saturated heterocycles. The second kappa shape index (κ2) is 10.3. The maximum absolute atomic E-state index is 12.4. The maximum Gasteiger partial charge on any atom is 0.251 e. The van der Waals surface area contributed by atoms with Gasteiger partial charge in [0.2, 0.25) is 0 Å². The van der Waals surface area contributed by atoms with E-state index in [1.807, 2.05) is 53.2 Å². The van der Waals surface area contributed by atoms with E-state index in [4.69, 9.17) is 4.74 Å². The van der Waals surface area contributed by atoms with E-state index in [0.29, 0.717) is 17.9 Å². The number of carbonyl (C=O) groups excluding carboxylic acids is 1. The molecule has 2 aromatic heterocycles. The first-order valence-corrected chi connectivity index (χ1v) is 8.95. The molecule has 1 aliphatic rings. The lowest BCUT2D eigenvalue weighted by molar-refractivity contribution is 0.0930. The van der Waals surface area contributed by atoms with Crippen LogP contribution in [0, 0.1) is 0 Å². The van der Waals surface area contributed by atoms with Gasteiger partial charge in [0, 0.05) is 30.5 Å². The topological polar surface area (TPSA) is 67.7 Å². The van der Waals surface area contributed by atoms with E-state index in [1.54, 1.807) is 6.07 Å². The molecule has 1 amide bonds. The highest BCUT2D eigenvalue weighted by molar-refractivity contribution is 5.94. The summed E-state index contributed by atoms with van der Waals surface area (Å²) in [6.45, 7) is 2.22. The number of halogens is 2. The first-order valence-electron chi connectivity index (χ1n) is 8.95. The molecule has 1 fully saturated rings. The number of piperidine rings is 1. The third kappa shape index (κ3) is 5.38. The summed E-state index contributed by atoms with van der Waals surface area (Å²) in [6, 6.07) is 13.3. The van der Waals surface area contributed by atoms with Crippen LogP contribution in [-0.4, -0.2) is 34.4 Å². The molecule has 1 atom stereocenters. The van der Waals surface area contributed by atoms with Crippen LogP contribution in [0.3, 0.4) is 0 Å². The summed E-state index contributed by atoms with van der Waals surface area (Å²) in [5.41, 5.74) is 2.35. The number of benzene rings is 1. The number of carbonyl (C=O) groups is 1. The van der Waals surface area contributed by atoms with Crippen molar-refractivity contribution in [3.05, 3.63) is 66.1 Å². The van der Waals surface area contributed by atoms with Crippen molar-refractivity contribution >= 4 is 36.4 Å². The number of nitrogens with one attached hydrogen (secondary N) is 2. The molecule has 28 heavy (non-hydrogen) atoms. The fourth-order valence-corrected chi connectivity index (χ4v) is 3.18. The molecule has 3 heterocycles. The molecule has 3 aromatic rings. The van der Waals surface area contributed by atoms with Crippen molar-refractivity contribution in [1.82, 2.24) is 20.0 Å². The van der Waals surface area contributed by atoms with Crippen molar-refractivity contribution in [3.63, 3.8) is 0 Å². The standard InChI is InChI=1S/C20H22N4O2.2ClH/c25-20(23-16-6-4-9-21-12-16)15-5-3-7-18(11-15)26-14-17-13-24-10-2-1-8-19(24)22-17;;/h1-3,5,7-8,10-11,13,16,21H,4,6,9,12,14H2,(H,23,25);2*1H/t16-;;/m0../s1. The monoisotopic (exact) mass is 422 g/mol. The molecular weight excluding hydrogens is 399 g/mol. The Morgan fingerprint density at radius 1 is 1.25 bits per heavy atom. The lowest BCUT2D eigenvalue weighted by Crippen LogP contribution is -2.45. The molecule has 0 saturated carbocycles.